The minimum absolute atomic E-state index is 0.570. The molecular formula is C51H32N4O. The van der Waals surface area contributed by atoms with Crippen molar-refractivity contribution in [1.82, 2.24) is 19.5 Å². The van der Waals surface area contributed by atoms with E-state index in [1.807, 2.05) is 42.5 Å². The van der Waals surface area contributed by atoms with Crippen LogP contribution in [0, 0.1) is 0 Å². The van der Waals surface area contributed by atoms with Crippen LogP contribution in [0.1, 0.15) is 0 Å². The van der Waals surface area contributed by atoms with Gasteiger partial charge in [0.2, 0.25) is 5.95 Å². The van der Waals surface area contributed by atoms with Crippen LogP contribution in [0.5, 0.6) is 0 Å². The number of fused-ring (bicyclic) bond motifs is 6. The molecule has 0 aliphatic heterocycles. The Kier molecular flexibility index (Phi) is 7.42. The molecule has 0 bridgehead atoms. The summed E-state index contributed by atoms with van der Waals surface area (Å²) in [5.41, 5.74) is 12.2. The largest absolute Gasteiger partial charge is 0.456 e. The second kappa shape index (κ2) is 13.0. The van der Waals surface area contributed by atoms with Crippen molar-refractivity contribution in [3.8, 4) is 62.1 Å². The lowest BCUT2D eigenvalue weighted by Gasteiger charge is -2.12. The third-order valence-corrected chi connectivity index (χ3v) is 10.7. The molecule has 0 spiro atoms. The standard InChI is InChI=1S/C51H32N4O/c1-4-15-33(16-5-1)36-27-28-42-46(31-36)56-47-32-39(34-17-6-2-7-18-34)30-43(48(42)47)37-21-14-22-38(29-37)50-52-49(35-19-8-3-9-20-35)53-51(54-50)55-44-25-12-10-23-40(44)41-24-11-13-26-45(41)55/h1-32H. The maximum atomic E-state index is 6.71. The van der Waals surface area contributed by atoms with Crippen LogP contribution < -0.4 is 0 Å². The summed E-state index contributed by atoms with van der Waals surface area (Å²) in [6.45, 7) is 0. The molecule has 0 unspecified atom stereocenters. The van der Waals surface area contributed by atoms with Crippen LogP contribution in [0.15, 0.2) is 199 Å². The van der Waals surface area contributed by atoms with Crippen molar-refractivity contribution in [2.75, 3.05) is 0 Å². The third kappa shape index (κ3) is 5.37. The molecule has 0 aliphatic rings. The molecule has 262 valence electrons. The van der Waals surface area contributed by atoms with E-state index in [1.54, 1.807) is 0 Å². The van der Waals surface area contributed by atoms with Gasteiger partial charge >= 0.3 is 0 Å². The Morgan fingerprint density at radius 3 is 1.55 bits per heavy atom. The summed E-state index contributed by atoms with van der Waals surface area (Å²) in [5, 5.41) is 4.45. The monoisotopic (exact) mass is 716 g/mol. The lowest BCUT2D eigenvalue weighted by atomic mass is 9.93. The van der Waals surface area contributed by atoms with E-state index in [0.29, 0.717) is 17.6 Å². The molecule has 0 amide bonds. The molecule has 3 aromatic heterocycles. The summed E-state index contributed by atoms with van der Waals surface area (Å²) >= 11 is 0. The van der Waals surface area contributed by atoms with E-state index in [0.717, 1.165) is 88.3 Å². The van der Waals surface area contributed by atoms with Crippen molar-refractivity contribution in [1.29, 1.82) is 0 Å². The van der Waals surface area contributed by atoms with E-state index in [-0.39, 0.29) is 0 Å². The number of aromatic nitrogens is 4. The van der Waals surface area contributed by atoms with Crippen LogP contribution in [0.4, 0.5) is 0 Å². The normalized spacial score (nSPS) is 11.6. The van der Waals surface area contributed by atoms with Gasteiger partial charge in [-0.3, -0.25) is 4.57 Å². The second-order valence-corrected chi connectivity index (χ2v) is 14.0. The van der Waals surface area contributed by atoms with Gasteiger partial charge in [-0.15, -0.1) is 0 Å². The fourth-order valence-corrected chi connectivity index (χ4v) is 8.01. The first-order chi connectivity index (χ1) is 27.7. The van der Waals surface area contributed by atoms with Gasteiger partial charge in [-0.05, 0) is 75.8 Å². The highest BCUT2D eigenvalue weighted by Crippen LogP contribution is 2.42. The van der Waals surface area contributed by atoms with Gasteiger partial charge in [0.05, 0.1) is 11.0 Å². The first-order valence-corrected chi connectivity index (χ1v) is 18.8. The first-order valence-electron chi connectivity index (χ1n) is 18.8. The summed E-state index contributed by atoms with van der Waals surface area (Å²) in [6.07, 6.45) is 0. The molecule has 3 heterocycles. The van der Waals surface area contributed by atoms with Crippen molar-refractivity contribution in [3.05, 3.63) is 194 Å². The highest BCUT2D eigenvalue weighted by Gasteiger charge is 2.20. The molecule has 11 rings (SSSR count). The van der Waals surface area contributed by atoms with E-state index in [2.05, 4.69) is 156 Å². The maximum absolute atomic E-state index is 6.71. The molecule has 0 radical (unpaired) electrons. The van der Waals surface area contributed by atoms with Gasteiger partial charge in [-0.1, -0.05) is 152 Å². The average Bonchev–Trinajstić information content (AvgIpc) is 3.82. The minimum atomic E-state index is 0.570. The van der Waals surface area contributed by atoms with Crippen molar-refractivity contribution < 1.29 is 4.42 Å². The Balaban J connectivity index is 1.13. The van der Waals surface area contributed by atoms with Crippen molar-refractivity contribution in [2.24, 2.45) is 0 Å². The molecule has 5 nitrogen and oxygen atoms in total. The van der Waals surface area contributed by atoms with E-state index in [1.165, 1.54) is 0 Å². The van der Waals surface area contributed by atoms with Gasteiger partial charge in [-0.2, -0.15) is 9.97 Å². The predicted octanol–water partition coefficient (Wildman–Crippen LogP) is 13.2. The molecule has 0 atom stereocenters. The molecular weight excluding hydrogens is 685 g/mol. The zero-order chi connectivity index (χ0) is 37.0. The summed E-state index contributed by atoms with van der Waals surface area (Å²) < 4.78 is 8.86. The molecule has 11 aromatic rings. The number of nitrogens with zero attached hydrogens (tertiary/aromatic N) is 4. The average molecular weight is 717 g/mol. The van der Waals surface area contributed by atoms with Crippen molar-refractivity contribution >= 4 is 43.7 Å². The number of hydrogen-bond donors (Lipinski definition) is 0. The number of rotatable bonds is 6. The molecule has 0 saturated carbocycles. The lowest BCUT2D eigenvalue weighted by molar-refractivity contribution is 0.669. The molecule has 0 fully saturated rings. The Bertz CT molecular complexity index is 3190. The fourth-order valence-electron chi connectivity index (χ4n) is 8.01. The van der Waals surface area contributed by atoms with Gasteiger partial charge in [0, 0.05) is 32.7 Å². The lowest BCUT2D eigenvalue weighted by Crippen LogP contribution is -2.06. The Hall–Kier alpha value is -7.63. The number of furan rings is 1. The topological polar surface area (TPSA) is 56.7 Å². The SMILES string of the molecule is c1ccc(-c2ccc3c(c2)oc2cc(-c4ccccc4)cc(-c4cccc(-c5nc(-c6ccccc6)nc(-n6c7ccccc7c7ccccc76)n5)c4)c23)cc1. The third-order valence-electron chi connectivity index (χ3n) is 10.7. The van der Waals surface area contributed by atoms with E-state index < -0.39 is 0 Å². The Labute approximate surface area is 322 Å². The zero-order valence-corrected chi connectivity index (χ0v) is 30.2. The summed E-state index contributed by atoms with van der Waals surface area (Å²) in [5.74, 6) is 1.78. The molecule has 56 heavy (non-hydrogen) atoms. The quantitative estimate of drug-likeness (QED) is 0.172. The summed E-state index contributed by atoms with van der Waals surface area (Å²) in [7, 11) is 0. The van der Waals surface area contributed by atoms with Crippen LogP contribution in [0.2, 0.25) is 0 Å². The number of benzene rings is 8. The molecule has 5 heteroatoms. The Morgan fingerprint density at radius 2 is 0.875 bits per heavy atom. The van der Waals surface area contributed by atoms with Crippen LogP contribution >= 0.6 is 0 Å². The minimum Gasteiger partial charge on any atom is -0.456 e. The van der Waals surface area contributed by atoms with E-state index in [4.69, 9.17) is 19.4 Å². The van der Waals surface area contributed by atoms with Crippen LogP contribution in [-0.2, 0) is 0 Å². The van der Waals surface area contributed by atoms with Gasteiger partial charge in [-0.25, -0.2) is 4.98 Å². The van der Waals surface area contributed by atoms with Crippen molar-refractivity contribution in [2.45, 2.75) is 0 Å². The highest BCUT2D eigenvalue weighted by molar-refractivity contribution is 6.14. The first kappa shape index (κ1) is 31.9. The highest BCUT2D eigenvalue weighted by atomic mass is 16.3. The molecule has 8 aromatic carbocycles. The molecule has 0 aliphatic carbocycles. The smallest absolute Gasteiger partial charge is 0.238 e. The predicted molar refractivity (Wildman–Crippen MR) is 229 cm³/mol. The van der Waals surface area contributed by atoms with Crippen LogP contribution in [0.25, 0.3) is 106 Å². The second-order valence-electron chi connectivity index (χ2n) is 14.0. The van der Waals surface area contributed by atoms with Gasteiger partial charge < -0.3 is 4.42 Å². The van der Waals surface area contributed by atoms with Gasteiger partial charge in [0.15, 0.2) is 11.6 Å². The summed E-state index contributed by atoms with van der Waals surface area (Å²) in [4.78, 5) is 15.5. The number of hydrogen-bond acceptors (Lipinski definition) is 4. The van der Waals surface area contributed by atoms with E-state index >= 15 is 0 Å². The van der Waals surface area contributed by atoms with Crippen molar-refractivity contribution in [3.63, 3.8) is 0 Å². The van der Waals surface area contributed by atoms with E-state index in [9.17, 15) is 0 Å². The van der Waals surface area contributed by atoms with Crippen LogP contribution in [0.3, 0.4) is 0 Å². The zero-order valence-electron chi connectivity index (χ0n) is 30.2. The maximum Gasteiger partial charge on any atom is 0.238 e. The Morgan fingerprint density at radius 1 is 0.339 bits per heavy atom. The van der Waals surface area contributed by atoms with Crippen LogP contribution in [-0.4, -0.2) is 19.5 Å². The van der Waals surface area contributed by atoms with Gasteiger partial charge in [0.1, 0.15) is 11.2 Å². The summed E-state index contributed by atoms with van der Waals surface area (Å²) in [6, 6.07) is 67.4. The molecule has 0 N–H and O–H groups in total. The fraction of sp³-hybridized carbons (Fsp3) is 0. The van der Waals surface area contributed by atoms with Gasteiger partial charge in [0.25, 0.3) is 0 Å². The number of para-hydroxylation sites is 2. The molecule has 0 saturated heterocycles.